The van der Waals surface area contributed by atoms with Gasteiger partial charge in [-0.3, -0.25) is 0 Å². The van der Waals surface area contributed by atoms with Crippen LogP contribution in [-0.4, -0.2) is 56.2 Å². The molecule has 1 aromatic carbocycles. The number of aliphatic hydroxyl groups excluding tert-OH is 1. The largest absolute Gasteiger partial charge is 0.496 e. The van der Waals surface area contributed by atoms with Crippen LogP contribution in [0.15, 0.2) is 18.2 Å². The highest BCUT2D eigenvalue weighted by Gasteiger charge is 2.10. The number of methoxy groups -OCH3 is 1. The molecule has 0 fully saturated rings. The van der Waals surface area contributed by atoms with Crippen molar-refractivity contribution in [2.45, 2.75) is 19.6 Å². The van der Waals surface area contributed by atoms with Gasteiger partial charge in [-0.05, 0) is 45.8 Å². The van der Waals surface area contributed by atoms with Gasteiger partial charge < -0.3 is 19.6 Å². The molecule has 0 saturated carbocycles. The third-order valence-electron chi connectivity index (χ3n) is 3.16. The van der Waals surface area contributed by atoms with Crippen LogP contribution >= 0.6 is 0 Å². The van der Waals surface area contributed by atoms with Gasteiger partial charge in [-0.25, -0.2) is 0 Å². The van der Waals surface area contributed by atoms with Crippen LogP contribution in [0.5, 0.6) is 5.75 Å². The van der Waals surface area contributed by atoms with Crippen LogP contribution in [0.3, 0.4) is 0 Å². The maximum Gasteiger partial charge on any atom is 0.123 e. The lowest BCUT2D eigenvalue weighted by atomic mass is 10.1. The first kappa shape index (κ1) is 16.0. The van der Waals surface area contributed by atoms with Gasteiger partial charge in [0.15, 0.2) is 0 Å². The minimum absolute atomic E-state index is 0.447. The molecule has 1 aromatic rings. The molecule has 0 spiro atoms. The van der Waals surface area contributed by atoms with Gasteiger partial charge in [0.1, 0.15) is 5.75 Å². The second-order valence-electron chi connectivity index (χ2n) is 5.29. The Hall–Kier alpha value is -1.10. The number of benzene rings is 1. The number of hydrogen-bond donors (Lipinski definition) is 1. The van der Waals surface area contributed by atoms with Gasteiger partial charge >= 0.3 is 0 Å². The smallest absolute Gasteiger partial charge is 0.123 e. The van der Waals surface area contributed by atoms with Gasteiger partial charge in [-0.15, -0.1) is 0 Å². The van der Waals surface area contributed by atoms with Crippen molar-refractivity contribution in [1.82, 2.24) is 9.80 Å². The summed E-state index contributed by atoms with van der Waals surface area (Å²) in [4.78, 5) is 4.42. The molecule has 0 aliphatic rings. The van der Waals surface area contributed by atoms with Gasteiger partial charge in [-0.1, -0.05) is 6.07 Å². The summed E-state index contributed by atoms with van der Waals surface area (Å²) in [5.41, 5.74) is 2.04. The van der Waals surface area contributed by atoms with Crippen molar-refractivity contribution >= 4 is 0 Å². The first-order valence-corrected chi connectivity index (χ1v) is 6.62. The van der Waals surface area contributed by atoms with Crippen molar-refractivity contribution in [2.75, 3.05) is 41.3 Å². The second-order valence-corrected chi connectivity index (χ2v) is 5.29. The Balaban J connectivity index is 2.76. The molecule has 1 atom stereocenters. The van der Waals surface area contributed by atoms with E-state index in [1.165, 1.54) is 0 Å². The molecule has 108 valence electrons. The summed E-state index contributed by atoms with van der Waals surface area (Å²) in [5, 5.41) is 9.66. The minimum atomic E-state index is -0.447. The summed E-state index contributed by atoms with van der Waals surface area (Å²) in [6.45, 7) is 4.61. The lowest BCUT2D eigenvalue weighted by Crippen LogP contribution is -2.28. The van der Waals surface area contributed by atoms with E-state index in [9.17, 15) is 5.11 Å². The number of hydrogen-bond acceptors (Lipinski definition) is 4. The van der Waals surface area contributed by atoms with Gasteiger partial charge in [0.25, 0.3) is 0 Å². The van der Waals surface area contributed by atoms with Gasteiger partial charge in [0.05, 0.1) is 13.2 Å². The molecule has 1 unspecified atom stereocenters. The van der Waals surface area contributed by atoms with Crippen molar-refractivity contribution in [2.24, 2.45) is 0 Å². The van der Waals surface area contributed by atoms with E-state index in [1.807, 2.05) is 18.2 Å². The summed E-state index contributed by atoms with van der Waals surface area (Å²) >= 11 is 0. The van der Waals surface area contributed by atoms with E-state index in [1.54, 1.807) is 14.0 Å². The van der Waals surface area contributed by atoms with E-state index in [2.05, 4.69) is 30.9 Å². The average molecular weight is 266 g/mol. The molecule has 0 bridgehead atoms. The number of likely N-dealkylation sites (N-methyl/N-ethyl adjacent to an activating group) is 2. The van der Waals surface area contributed by atoms with Crippen LogP contribution in [0.1, 0.15) is 24.2 Å². The van der Waals surface area contributed by atoms with Gasteiger partial charge in [0.2, 0.25) is 0 Å². The molecular formula is C15H26N2O2. The van der Waals surface area contributed by atoms with Crippen LogP contribution in [-0.2, 0) is 6.54 Å². The second kappa shape index (κ2) is 7.48. The lowest BCUT2D eigenvalue weighted by molar-refractivity contribution is 0.199. The fourth-order valence-electron chi connectivity index (χ4n) is 1.92. The van der Waals surface area contributed by atoms with Crippen molar-refractivity contribution in [3.05, 3.63) is 29.3 Å². The van der Waals surface area contributed by atoms with E-state index in [-0.39, 0.29) is 0 Å². The summed E-state index contributed by atoms with van der Waals surface area (Å²) in [6, 6.07) is 5.86. The summed E-state index contributed by atoms with van der Waals surface area (Å²) in [7, 11) is 7.92. The van der Waals surface area contributed by atoms with Crippen LogP contribution < -0.4 is 4.74 Å². The van der Waals surface area contributed by atoms with E-state index in [4.69, 9.17) is 4.74 Å². The summed E-state index contributed by atoms with van der Waals surface area (Å²) in [6.07, 6.45) is -0.447. The van der Waals surface area contributed by atoms with E-state index < -0.39 is 6.10 Å². The van der Waals surface area contributed by atoms with E-state index in [0.717, 1.165) is 36.5 Å². The molecule has 0 aliphatic carbocycles. The highest BCUT2D eigenvalue weighted by atomic mass is 16.5. The first-order chi connectivity index (χ1) is 8.93. The zero-order valence-electron chi connectivity index (χ0n) is 12.7. The Morgan fingerprint density at radius 2 is 1.89 bits per heavy atom. The summed E-state index contributed by atoms with van der Waals surface area (Å²) < 4.78 is 5.39. The van der Waals surface area contributed by atoms with E-state index >= 15 is 0 Å². The quantitative estimate of drug-likeness (QED) is 0.815. The highest BCUT2D eigenvalue weighted by Crippen LogP contribution is 2.24. The van der Waals surface area contributed by atoms with E-state index in [0.29, 0.717) is 0 Å². The molecule has 0 amide bonds. The van der Waals surface area contributed by atoms with Crippen LogP contribution in [0.2, 0.25) is 0 Å². The zero-order chi connectivity index (χ0) is 14.4. The average Bonchev–Trinajstić information content (AvgIpc) is 2.36. The Morgan fingerprint density at radius 3 is 2.42 bits per heavy atom. The third-order valence-corrected chi connectivity index (χ3v) is 3.16. The molecular weight excluding hydrogens is 240 g/mol. The number of ether oxygens (including phenoxy) is 1. The summed E-state index contributed by atoms with van der Waals surface area (Å²) in [5.74, 6) is 0.876. The fourth-order valence-corrected chi connectivity index (χ4v) is 1.92. The van der Waals surface area contributed by atoms with Crippen molar-refractivity contribution in [3.8, 4) is 5.75 Å². The van der Waals surface area contributed by atoms with Gasteiger partial charge in [-0.2, -0.15) is 0 Å². The molecule has 4 nitrogen and oxygen atoms in total. The molecule has 19 heavy (non-hydrogen) atoms. The maximum absolute atomic E-state index is 9.66. The Morgan fingerprint density at radius 1 is 1.21 bits per heavy atom. The number of nitrogens with zero attached hydrogens (tertiary/aromatic N) is 2. The SMILES string of the molecule is COc1ccc(C(C)O)cc1CN(C)CCN(C)C. The van der Waals surface area contributed by atoms with Gasteiger partial charge in [0, 0.05) is 25.2 Å². The van der Waals surface area contributed by atoms with Crippen LogP contribution in [0.4, 0.5) is 0 Å². The molecule has 0 aromatic heterocycles. The topological polar surface area (TPSA) is 35.9 Å². The molecule has 0 saturated heterocycles. The Bertz CT molecular complexity index is 392. The monoisotopic (exact) mass is 266 g/mol. The van der Waals surface area contributed by atoms with Crippen molar-refractivity contribution in [3.63, 3.8) is 0 Å². The molecule has 0 radical (unpaired) electrons. The first-order valence-electron chi connectivity index (χ1n) is 6.62. The fraction of sp³-hybridized carbons (Fsp3) is 0.600. The predicted octanol–water partition coefficient (Wildman–Crippen LogP) is 1.74. The Labute approximate surface area is 116 Å². The zero-order valence-corrected chi connectivity index (χ0v) is 12.7. The molecule has 1 rings (SSSR count). The van der Waals surface area contributed by atoms with Crippen molar-refractivity contribution in [1.29, 1.82) is 0 Å². The highest BCUT2D eigenvalue weighted by molar-refractivity contribution is 5.38. The molecule has 4 heteroatoms. The van der Waals surface area contributed by atoms with Crippen LogP contribution in [0, 0.1) is 0 Å². The number of aliphatic hydroxyl groups is 1. The maximum atomic E-state index is 9.66. The Kier molecular flexibility index (Phi) is 6.28. The third kappa shape index (κ3) is 5.19. The molecule has 0 heterocycles. The standard InChI is InChI=1S/C15H26N2O2/c1-12(18)13-6-7-15(19-5)14(10-13)11-17(4)9-8-16(2)3/h6-7,10,12,18H,8-9,11H2,1-5H3. The van der Waals surface area contributed by atoms with Crippen LogP contribution in [0.25, 0.3) is 0 Å². The van der Waals surface area contributed by atoms with Crippen molar-refractivity contribution < 1.29 is 9.84 Å². The minimum Gasteiger partial charge on any atom is -0.496 e. The lowest BCUT2D eigenvalue weighted by Gasteiger charge is -2.21. The molecule has 0 aliphatic heterocycles. The predicted molar refractivity (Wildman–Crippen MR) is 78.5 cm³/mol. The molecule has 1 N–H and O–H groups in total. The normalized spacial score (nSPS) is 13.1. The number of rotatable bonds is 7.